The van der Waals surface area contributed by atoms with Crippen LogP contribution in [0.4, 0.5) is 4.39 Å². The standard InChI is InChI=1S/C24H20FN5O4/c25-17-8-5-15(6-9-17)14-34-21-11-7-16-3-1-2-4-18(16)19(21)13-26-29-22(31)12-10-20-23(32)27-24(33)30-28-20/h1-9,11,13H,10,12,14H2,(H,29,31)(H2,27,30,32,33). The lowest BCUT2D eigenvalue weighted by molar-refractivity contribution is -0.121. The number of benzene rings is 3. The fourth-order valence-corrected chi connectivity index (χ4v) is 3.27. The molecule has 0 aliphatic rings. The molecule has 4 rings (SSSR count). The number of nitrogens with zero attached hydrogens (tertiary/aromatic N) is 2. The molecule has 0 aliphatic heterocycles. The van der Waals surface area contributed by atoms with Crippen LogP contribution >= 0.6 is 0 Å². The maximum Gasteiger partial charge on any atom is 0.342 e. The molecular weight excluding hydrogens is 441 g/mol. The zero-order valence-corrected chi connectivity index (χ0v) is 17.9. The van der Waals surface area contributed by atoms with Crippen LogP contribution in [-0.2, 0) is 17.8 Å². The molecule has 0 spiro atoms. The van der Waals surface area contributed by atoms with E-state index < -0.39 is 17.2 Å². The average Bonchev–Trinajstić information content (AvgIpc) is 2.83. The van der Waals surface area contributed by atoms with Gasteiger partial charge in [0, 0.05) is 18.4 Å². The predicted octanol–water partition coefficient (Wildman–Crippen LogP) is 2.41. The van der Waals surface area contributed by atoms with Gasteiger partial charge >= 0.3 is 5.69 Å². The molecule has 34 heavy (non-hydrogen) atoms. The highest BCUT2D eigenvalue weighted by Gasteiger charge is 2.09. The summed E-state index contributed by atoms with van der Waals surface area (Å²) in [6, 6.07) is 17.4. The quantitative estimate of drug-likeness (QED) is 0.274. The topological polar surface area (TPSA) is 129 Å². The number of fused-ring (bicyclic) bond motifs is 1. The second-order valence-corrected chi connectivity index (χ2v) is 7.36. The maximum atomic E-state index is 13.2. The van der Waals surface area contributed by atoms with Crippen LogP contribution < -0.4 is 21.4 Å². The number of hydrazone groups is 1. The van der Waals surface area contributed by atoms with Crippen molar-refractivity contribution in [1.82, 2.24) is 20.6 Å². The van der Waals surface area contributed by atoms with E-state index in [0.29, 0.717) is 11.3 Å². The van der Waals surface area contributed by atoms with E-state index in [2.05, 4.69) is 25.7 Å². The first-order chi connectivity index (χ1) is 16.5. The van der Waals surface area contributed by atoms with Crippen LogP contribution in [0.15, 0.2) is 75.4 Å². The fourth-order valence-electron chi connectivity index (χ4n) is 3.27. The third-order valence-corrected chi connectivity index (χ3v) is 4.99. The van der Waals surface area contributed by atoms with Crippen LogP contribution in [0.25, 0.3) is 10.8 Å². The number of carbonyl (C=O) groups excluding carboxylic acids is 1. The van der Waals surface area contributed by atoms with Gasteiger partial charge in [-0.3, -0.25) is 14.6 Å². The molecule has 1 aromatic heterocycles. The molecule has 0 saturated heterocycles. The molecule has 9 nitrogen and oxygen atoms in total. The summed E-state index contributed by atoms with van der Waals surface area (Å²) in [5, 5.41) is 11.7. The molecule has 10 heteroatoms. The Labute approximate surface area is 192 Å². The first-order valence-electron chi connectivity index (χ1n) is 10.4. The molecule has 0 radical (unpaired) electrons. The van der Waals surface area contributed by atoms with E-state index >= 15 is 0 Å². The Hall–Kier alpha value is -4.60. The zero-order valence-electron chi connectivity index (χ0n) is 17.9. The van der Waals surface area contributed by atoms with Crippen molar-refractivity contribution in [3.05, 3.63) is 104 Å². The van der Waals surface area contributed by atoms with Crippen LogP contribution in [0.5, 0.6) is 5.75 Å². The number of carbonyl (C=O) groups is 1. The molecule has 0 bridgehead atoms. The molecule has 172 valence electrons. The third kappa shape index (κ3) is 5.60. The summed E-state index contributed by atoms with van der Waals surface area (Å²) in [7, 11) is 0. The van der Waals surface area contributed by atoms with Gasteiger partial charge in [-0.1, -0.05) is 42.5 Å². The van der Waals surface area contributed by atoms with Crippen molar-refractivity contribution < 1.29 is 13.9 Å². The second kappa shape index (κ2) is 10.3. The molecule has 0 saturated carbocycles. The highest BCUT2D eigenvalue weighted by molar-refractivity contribution is 6.02. The Kier molecular flexibility index (Phi) is 6.87. The second-order valence-electron chi connectivity index (χ2n) is 7.36. The number of halogens is 1. The van der Waals surface area contributed by atoms with Gasteiger partial charge in [0.05, 0.1) is 6.21 Å². The van der Waals surface area contributed by atoms with Gasteiger partial charge in [-0.05, 0) is 34.5 Å². The number of rotatable bonds is 8. The van der Waals surface area contributed by atoms with Crippen molar-refractivity contribution in [2.24, 2.45) is 5.10 Å². The largest absolute Gasteiger partial charge is 0.488 e. The van der Waals surface area contributed by atoms with Crippen LogP contribution in [-0.4, -0.2) is 27.3 Å². The van der Waals surface area contributed by atoms with E-state index in [1.807, 2.05) is 36.4 Å². The molecule has 3 aromatic carbocycles. The molecule has 4 aromatic rings. The van der Waals surface area contributed by atoms with Crippen molar-refractivity contribution in [3.63, 3.8) is 0 Å². The van der Waals surface area contributed by atoms with Gasteiger partial charge in [-0.15, -0.1) is 0 Å². The molecule has 0 atom stereocenters. The number of hydrogen-bond donors (Lipinski definition) is 3. The van der Waals surface area contributed by atoms with Crippen LogP contribution in [0, 0.1) is 5.82 Å². The molecule has 1 heterocycles. The maximum absolute atomic E-state index is 13.2. The zero-order chi connectivity index (χ0) is 23.9. The average molecular weight is 461 g/mol. The molecule has 1 amide bonds. The predicted molar refractivity (Wildman–Crippen MR) is 124 cm³/mol. The van der Waals surface area contributed by atoms with E-state index in [9.17, 15) is 18.8 Å². The van der Waals surface area contributed by atoms with E-state index in [1.165, 1.54) is 18.3 Å². The SMILES string of the molecule is O=C(CCc1n[nH]c(=O)[nH]c1=O)NN=Cc1c(OCc2ccc(F)cc2)ccc2ccccc12. The first-order valence-corrected chi connectivity index (χ1v) is 10.4. The van der Waals surface area contributed by atoms with Crippen molar-refractivity contribution in [1.29, 1.82) is 0 Å². The molecule has 0 aliphatic carbocycles. The number of aromatic nitrogens is 3. The monoisotopic (exact) mass is 461 g/mol. The van der Waals surface area contributed by atoms with E-state index in [-0.39, 0.29) is 31.0 Å². The highest BCUT2D eigenvalue weighted by Crippen LogP contribution is 2.27. The van der Waals surface area contributed by atoms with Gasteiger partial charge < -0.3 is 4.74 Å². The normalized spacial score (nSPS) is 11.1. The number of nitrogens with one attached hydrogen (secondary N) is 3. The van der Waals surface area contributed by atoms with E-state index in [0.717, 1.165) is 16.3 Å². The molecule has 3 N–H and O–H groups in total. The van der Waals surface area contributed by atoms with Crippen molar-refractivity contribution >= 4 is 22.9 Å². The van der Waals surface area contributed by atoms with Crippen molar-refractivity contribution in [2.75, 3.05) is 0 Å². The van der Waals surface area contributed by atoms with Gasteiger partial charge in [0.15, 0.2) is 0 Å². The van der Waals surface area contributed by atoms with Crippen molar-refractivity contribution in [2.45, 2.75) is 19.4 Å². The van der Waals surface area contributed by atoms with Crippen LogP contribution in [0.2, 0.25) is 0 Å². The number of aromatic amines is 2. The smallest absolute Gasteiger partial charge is 0.342 e. The lowest BCUT2D eigenvalue weighted by atomic mass is 10.0. The number of aryl methyl sites for hydroxylation is 1. The number of amides is 1. The summed E-state index contributed by atoms with van der Waals surface area (Å²) in [6.07, 6.45) is 1.47. The molecule has 0 fully saturated rings. The third-order valence-electron chi connectivity index (χ3n) is 4.99. The summed E-state index contributed by atoms with van der Waals surface area (Å²) in [5.74, 6) is -0.207. The molecule has 0 unspecified atom stereocenters. The Balaban J connectivity index is 1.47. The summed E-state index contributed by atoms with van der Waals surface area (Å²) < 4.78 is 19.1. The number of hydrogen-bond acceptors (Lipinski definition) is 6. The summed E-state index contributed by atoms with van der Waals surface area (Å²) in [5.41, 5.74) is 2.59. The van der Waals surface area contributed by atoms with Crippen molar-refractivity contribution in [3.8, 4) is 5.75 Å². The lowest BCUT2D eigenvalue weighted by Crippen LogP contribution is -2.28. The molecular formula is C24H20FN5O4. The Morgan fingerprint density at radius 2 is 1.88 bits per heavy atom. The minimum atomic E-state index is -0.713. The lowest BCUT2D eigenvalue weighted by Gasteiger charge is -2.12. The van der Waals surface area contributed by atoms with Gasteiger partial charge in [-0.25, -0.2) is 19.7 Å². The van der Waals surface area contributed by atoms with E-state index in [1.54, 1.807) is 12.1 Å². The summed E-state index contributed by atoms with van der Waals surface area (Å²) >= 11 is 0. The minimum Gasteiger partial charge on any atom is -0.488 e. The Bertz CT molecular complexity index is 1460. The Morgan fingerprint density at radius 3 is 2.68 bits per heavy atom. The Morgan fingerprint density at radius 1 is 1.09 bits per heavy atom. The fraction of sp³-hybridized carbons (Fsp3) is 0.125. The van der Waals surface area contributed by atoms with Gasteiger partial charge in [0.25, 0.3) is 5.56 Å². The summed E-state index contributed by atoms with van der Waals surface area (Å²) in [6.45, 7) is 0.229. The van der Waals surface area contributed by atoms with Gasteiger partial charge in [0.1, 0.15) is 23.9 Å². The summed E-state index contributed by atoms with van der Waals surface area (Å²) in [4.78, 5) is 36.9. The van der Waals surface area contributed by atoms with Gasteiger partial charge in [0.2, 0.25) is 5.91 Å². The number of ether oxygens (including phenoxy) is 1. The van der Waals surface area contributed by atoms with Crippen LogP contribution in [0.3, 0.4) is 0 Å². The highest BCUT2D eigenvalue weighted by atomic mass is 19.1. The first kappa shape index (κ1) is 22.6. The van der Waals surface area contributed by atoms with Gasteiger partial charge in [-0.2, -0.15) is 10.2 Å². The number of H-pyrrole nitrogens is 2. The van der Waals surface area contributed by atoms with Crippen LogP contribution in [0.1, 0.15) is 23.2 Å². The van der Waals surface area contributed by atoms with E-state index in [4.69, 9.17) is 4.74 Å². The minimum absolute atomic E-state index is 0.0355.